The van der Waals surface area contributed by atoms with E-state index in [1.165, 1.54) is 13.8 Å². The molecule has 1 aliphatic heterocycles. The number of aromatic nitrogens is 1. The van der Waals surface area contributed by atoms with Crippen molar-refractivity contribution in [3.05, 3.63) is 36.0 Å². The number of hydrogen-bond donors (Lipinski definition) is 22. The monoisotopic (exact) mass is 1560 g/mol. The third-order valence-electron chi connectivity index (χ3n) is 17.0. The van der Waals surface area contributed by atoms with Crippen molar-refractivity contribution in [2.75, 3.05) is 32.8 Å². The summed E-state index contributed by atoms with van der Waals surface area (Å²) < 4.78 is 5.63. The second-order valence-corrected chi connectivity index (χ2v) is 26.8. The van der Waals surface area contributed by atoms with Crippen molar-refractivity contribution in [1.29, 1.82) is 0 Å². The summed E-state index contributed by atoms with van der Waals surface area (Å²) in [5.41, 5.74) is 12.4. The molecule has 0 aliphatic carbocycles. The van der Waals surface area contributed by atoms with Crippen LogP contribution in [-0.2, 0) is 102 Å². The highest BCUT2D eigenvalue weighted by atomic mass is 16.5. The number of cyclic esters (lactones) is 1. The number of benzene rings is 1. The van der Waals surface area contributed by atoms with Crippen molar-refractivity contribution in [2.24, 2.45) is 23.3 Å². The summed E-state index contributed by atoms with van der Waals surface area (Å²) in [6, 6.07) is -15.2. The molecule has 3 rings (SSSR count). The fourth-order valence-electron chi connectivity index (χ4n) is 11.0. The molecule has 42 heteroatoms. The largest absolute Gasteiger partial charge is 0.481 e. The third-order valence-corrected chi connectivity index (χ3v) is 17.0. The molecular formula is C68H102N16O26. The molecule has 1 saturated heterocycles. The van der Waals surface area contributed by atoms with Gasteiger partial charge in [-0.3, -0.25) is 86.3 Å². The Bertz CT molecular complexity index is 3610. The Balaban J connectivity index is 2.16. The first-order chi connectivity index (χ1) is 51.9. The van der Waals surface area contributed by atoms with Crippen LogP contribution in [0, 0.1) is 11.8 Å². The van der Waals surface area contributed by atoms with Crippen LogP contribution in [0.25, 0.3) is 10.9 Å². The summed E-state index contributed by atoms with van der Waals surface area (Å²) in [4.78, 5) is 259. The summed E-state index contributed by atoms with van der Waals surface area (Å²) in [6.07, 6.45) is -1.50. The van der Waals surface area contributed by atoms with Crippen LogP contribution >= 0.6 is 0 Å². The second-order valence-electron chi connectivity index (χ2n) is 26.8. The zero-order valence-electron chi connectivity index (χ0n) is 61.5. The number of hydrogen-bond acceptors (Lipinski definition) is 23. The van der Waals surface area contributed by atoms with Crippen LogP contribution in [0.15, 0.2) is 30.5 Å². The number of unbranched alkanes of at least 4 members (excludes halogenated alkanes) is 5. The molecule has 1 aromatic heterocycles. The van der Waals surface area contributed by atoms with E-state index in [2.05, 4.69) is 66.7 Å². The van der Waals surface area contributed by atoms with Crippen molar-refractivity contribution >= 4 is 123 Å². The van der Waals surface area contributed by atoms with Crippen molar-refractivity contribution in [3.8, 4) is 0 Å². The van der Waals surface area contributed by atoms with Gasteiger partial charge >= 0.3 is 29.8 Å². The Morgan fingerprint density at radius 1 is 0.527 bits per heavy atom. The second kappa shape index (κ2) is 47.4. The lowest BCUT2D eigenvalue weighted by Crippen LogP contribution is -2.62. The van der Waals surface area contributed by atoms with E-state index in [-0.39, 0.29) is 25.8 Å². The van der Waals surface area contributed by atoms with E-state index in [0.29, 0.717) is 35.2 Å². The van der Waals surface area contributed by atoms with E-state index in [1.807, 2.05) is 21.3 Å². The van der Waals surface area contributed by atoms with E-state index >= 15 is 0 Å². The number of aliphatic hydroxyl groups is 2. The molecule has 1 aromatic carbocycles. The lowest BCUT2D eigenvalue weighted by molar-refractivity contribution is -0.157. The first kappa shape index (κ1) is 92.8. The topological polar surface area (TPSA) is 679 Å². The maximum atomic E-state index is 14.6. The van der Waals surface area contributed by atoms with E-state index in [1.54, 1.807) is 30.5 Å². The molecule has 0 saturated carbocycles. The number of para-hydroxylation sites is 1. The van der Waals surface area contributed by atoms with Crippen LogP contribution in [-0.4, -0.2) is 254 Å². The maximum absolute atomic E-state index is 14.6. The van der Waals surface area contributed by atoms with Gasteiger partial charge in [0, 0.05) is 36.4 Å². The van der Waals surface area contributed by atoms with Gasteiger partial charge in [0.1, 0.15) is 72.6 Å². The summed E-state index contributed by atoms with van der Waals surface area (Å²) >= 11 is 0. The number of ether oxygens (including phenoxy) is 1. The summed E-state index contributed by atoms with van der Waals surface area (Å²) in [5, 5.41) is 88.0. The molecule has 12 atom stereocenters. The number of nitrogens with one attached hydrogen (secondary N) is 14. The van der Waals surface area contributed by atoms with Crippen LogP contribution in [0.2, 0.25) is 0 Å². The molecule has 24 N–H and O–H groups in total. The van der Waals surface area contributed by atoms with Gasteiger partial charge in [-0.1, -0.05) is 84.4 Å². The number of esters is 1. The normalized spacial score (nSPS) is 21.5. The third kappa shape index (κ3) is 33.4. The van der Waals surface area contributed by atoms with Crippen molar-refractivity contribution in [3.63, 3.8) is 0 Å². The smallest absolute Gasteiger partial charge is 0.329 e. The van der Waals surface area contributed by atoms with E-state index < -0.39 is 262 Å². The van der Waals surface area contributed by atoms with Crippen molar-refractivity contribution in [1.82, 2.24) is 74.1 Å². The highest BCUT2D eigenvalue weighted by Crippen LogP contribution is 2.21. The number of carboxylic acid groups (broad SMARTS) is 4. The first-order valence-corrected chi connectivity index (χ1v) is 35.6. The Hall–Kier alpha value is -11.4. The molecular weight excluding hydrogens is 1460 g/mol. The molecule has 0 bridgehead atoms. The number of aromatic amines is 1. The minimum Gasteiger partial charge on any atom is -0.481 e. The zero-order valence-corrected chi connectivity index (χ0v) is 61.5. The van der Waals surface area contributed by atoms with Gasteiger partial charge < -0.3 is 121 Å². The molecule has 2 heterocycles. The number of primary amides is 1. The van der Waals surface area contributed by atoms with Crippen LogP contribution in [0.4, 0.5) is 0 Å². The Morgan fingerprint density at radius 2 is 1.02 bits per heavy atom. The number of carboxylic acids is 4. The first-order valence-electron chi connectivity index (χ1n) is 35.6. The van der Waals surface area contributed by atoms with E-state index in [4.69, 9.17) is 16.2 Å². The Labute approximate surface area is 630 Å². The molecule has 110 heavy (non-hydrogen) atoms. The van der Waals surface area contributed by atoms with Gasteiger partial charge in [0.2, 0.25) is 82.7 Å². The molecule has 2 aromatic rings. The Kier molecular flexibility index (Phi) is 40.0. The number of fused-ring (bicyclic) bond motifs is 1. The average Bonchev–Trinajstić information content (AvgIpc) is 1.65. The molecule has 610 valence electrons. The number of nitrogens with two attached hydrogens (primary N) is 2. The Morgan fingerprint density at radius 3 is 1.57 bits per heavy atom. The number of carbonyl (C=O) groups excluding carboxylic acids is 15. The van der Waals surface area contributed by atoms with E-state index in [0.717, 1.165) is 39.0 Å². The molecule has 42 nitrogen and oxygen atoms in total. The molecule has 0 spiro atoms. The van der Waals surface area contributed by atoms with E-state index in [9.17, 15) is 122 Å². The average molecular weight is 1560 g/mol. The lowest BCUT2D eigenvalue weighted by atomic mass is 10.0. The fraction of sp³-hybridized carbons (Fsp3) is 0.603. The van der Waals surface area contributed by atoms with Gasteiger partial charge in [0.25, 0.3) is 0 Å². The van der Waals surface area contributed by atoms with Gasteiger partial charge in [-0.05, 0) is 62.6 Å². The predicted molar refractivity (Wildman–Crippen MR) is 381 cm³/mol. The standard InChI is InChI=1S/C68H102N16O26/c1-33(2)15-10-8-6-7-9-11-19-49(88)75-41(23-36-28-71-38-17-13-12-16-37(36)38)61(102)78-42(24-48(70)87)62(103)81-45(27-55(97)98)64(105)84-57-35(5)110-68(109)56(34(3)4)83-60(101)40(20-21-52(91)92)77-65(106)46(31-85)76-51(90)29-72-58(99)43(25-53(93)94)79-66(107)47(32-86)82-63(104)44(26-54(95)96)80-59(100)39(18-14-22-69)74-50(89)30-73-67(57)108/h12-13,16-17,28,33-35,39-47,56-57,71,85-86H,6-11,14-15,18-27,29-32,69H2,1-5H3,(H2,70,87)(H,72,99)(H,73,108)(H,74,89)(H,75,88)(H,76,90)(H,77,106)(H,78,102)(H,79,107)(H,80,100)(H,81,103)(H,82,104)(H,83,101)(H,84,105)(H,91,92)(H,93,94)(H,95,96)(H,97,98). The fourth-order valence-corrected chi connectivity index (χ4v) is 11.0. The van der Waals surface area contributed by atoms with Gasteiger partial charge in [0.15, 0.2) is 0 Å². The quantitative estimate of drug-likeness (QED) is 0.0225. The zero-order chi connectivity index (χ0) is 82.5. The summed E-state index contributed by atoms with van der Waals surface area (Å²) in [6.45, 7) is 2.74. The highest BCUT2D eigenvalue weighted by molar-refractivity contribution is 6.02. The summed E-state index contributed by atoms with van der Waals surface area (Å²) in [7, 11) is 0. The number of aliphatic hydroxyl groups excluding tert-OH is 2. The SMILES string of the molecule is CC(C)CCCCCCCCC(=O)NC(Cc1c[nH]c2ccccc12)C(=O)NC(CC(N)=O)C(=O)NC(CC(=O)O)C(=O)NC1C(=O)NCC(=O)NC(CCCN)C(=O)NC(CC(=O)O)C(=O)NC(CO)C(=O)NC(CC(=O)O)C(=O)NCC(=O)NC(CO)C(=O)NC(CCC(=O)O)C(=O)NC(C(C)C)C(=O)OC1C. The number of H-pyrrole nitrogens is 1. The van der Waals surface area contributed by atoms with Gasteiger partial charge in [0.05, 0.1) is 52.0 Å². The molecule has 12 unspecified atom stereocenters. The predicted octanol–water partition coefficient (Wildman–Crippen LogP) is -6.46. The molecule has 14 amide bonds. The number of aliphatic carboxylic acids is 4. The van der Waals surface area contributed by atoms with Gasteiger partial charge in [-0.15, -0.1) is 0 Å². The van der Waals surface area contributed by atoms with Crippen LogP contribution in [0.1, 0.15) is 143 Å². The van der Waals surface area contributed by atoms with Gasteiger partial charge in [-0.2, -0.15) is 0 Å². The van der Waals surface area contributed by atoms with Crippen molar-refractivity contribution in [2.45, 2.75) is 216 Å². The van der Waals surface area contributed by atoms with Crippen LogP contribution < -0.4 is 80.6 Å². The van der Waals surface area contributed by atoms with Crippen molar-refractivity contribution < 1.29 is 126 Å². The minimum atomic E-state index is -2.33. The highest BCUT2D eigenvalue weighted by Gasteiger charge is 2.40. The van der Waals surface area contributed by atoms with Crippen LogP contribution in [0.5, 0.6) is 0 Å². The minimum absolute atomic E-state index is 0.00309. The summed E-state index contributed by atoms with van der Waals surface area (Å²) in [5.74, 6) is -27.2. The van der Waals surface area contributed by atoms with Crippen LogP contribution in [0.3, 0.4) is 0 Å². The number of carbonyl (C=O) groups is 19. The number of amides is 14. The van der Waals surface area contributed by atoms with Gasteiger partial charge in [-0.25, -0.2) is 4.79 Å². The molecule has 1 fully saturated rings. The lowest BCUT2D eigenvalue weighted by Gasteiger charge is -2.30. The number of rotatable bonds is 35. The molecule has 0 radical (unpaired) electrons. The molecule has 1 aliphatic rings. The maximum Gasteiger partial charge on any atom is 0.329 e.